The summed E-state index contributed by atoms with van der Waals surface area (Å²) in [6.07, 6.45) is 4.08. The molecule has 26 heavy (non-hydrogen) atoms. The zero-order valence-corrected chi connectivity index (χ0v) is 14.7. The maximum Gasteiger partial charge on any atom is 0.331 e. The molecule has 0 amide bonds. The maximum atomic E-state index is 12.4. The Balaban J connectivity index is 1.67. The van der Waals surface area contributed by atoms with Gasteiger partial charge in [0.05, 0.1) is 12.0 Å². The summed E-state index contributed by atoms with van der Waals surface area (Å²) in [6, 6.07) is 12.9. The molecule has 2 aromatic rings. The lowest BCUT2D eigenvalue weighted by Crippen LogP contribution is -2.19. The van der Waals surface area contributed by atoms with Crippen LogP contribution in [0.5, 0.6) is 0 Å². The fourth-order valence-electron chi connectivity index (χ4n) is 2.34. The minimum Gasteiger partial charge on any atom is -0.465 e. The third-order valence-electron chi connectivity index (χ3n) is 3.61. The van der Waals surface area contributed by atoms with E-state index in [0.29, 0.717) is 10.8 Å². The Morgan fingerprint density at radius 1 is 1.31 bits per heavy atom. The molecule has 7 heteroatoms. The Hall–Kier alpha value is -3.24. The van der Waals surface area contributed by atoms with E-state index in [1.54, 1.807) is 24.1 Å². The van der Waals surface area contributed by atoms with Gasteiger partial charge in [-0.3, -0.25) is 4.79 Å². The van der Waals surface area contributed by atoms with Gasteiger partial charge in [0.2, 0.25) is 5.78 Å². The number of rotatable bonds is 5. The fourth-order valence-corrected chi connectivity index (χ4v) is 3.51. The number of Topliss-reactive ketones (excluding diaryl/α,β-unsaturated/α-hetero) is 1. The third-order valence-corrected chi connectivity index (χ3v) is 4.85. The Bertz CT molecular complexity index is 939. The van der Waals surface area contributed by atoms with Crippen LogP contribution >= 0.6 is 11.8 Å². The quantitative estimate of drug-likeness (QED) is 0.456. The number of furan rings is 1. The second-order valence-corrected chi connectivity index (χ2v) is 6.33. The van der Waals surface area contributed by atoms with Gasteiger partial charge in [0.25, 0.3) is 0 Å². The van der Waals surface area contributed by atoms with Crippen LogP contribution in [0.15, 0.2) is 68.7 Å². The predicted molar refractivity (Wildman–Crippen MR) is 97.0 cm³/mol. The van der Waals surface area contributed by atoms with Crippen LogP contribution in [0.2, 0.25) is 0 Å². The van der Waals surface area contributed by atoms with Gasteiger partial charge in [0.1, 0.15) is 22.4 Å². The molecule has 0 saturated heterocycles. The monoisotopic (exact) mass is 366 g/mol. The Morgan fingerprint density at radius 3 is 2.81 bits per heavy atom. The van der Waals surface area contributed by atoms with Gasteiger partial charge >= 0.3 is 5.97 Å². The van der Waals surface area contributed by atoms with E-state index < -0.39 is 18.4 Å². The van der Waals surface area contributed by atoms with E-state index in [1.165, 1.54) is 24.1 Å². The number of anilines is 1. The van der Waals surface area contributed by atoms with Gasteiger partial charge in [0.15, 0.2) is 6.61 Å². The number of para-hydroxylation sites is 1. The van der Waals surface area contributed by atoms with Crippen LogP contribution in [0, 0.1) is 11.3 Å². The van der Waals surface area contributed by atoms with Crippen molar-refractivity contribution in [2.75, 3.05) is 18.6 Å². The Labute approximate surface area is 154 Å². The van der Waals surface area contributed by atoms with Crippen molar-refractivity contribution in [2.45, 2.75) is 4.90 Å². The van der Waals surface area contributed by atoms with E-state index in [0.717, 1.165) is 16.7 Å². The van der Waals surface area contributed by atoms with Crippen molar-refractivity contribution in [2.24, 2.45) is 0 Å². The fraction of sp³-hybridized carbons (Fsp3) is 0.105. The SMILES string of the molecule is CN1/C(=C(\C#N)C(=O)COC(=O)/C=C/c2ccco2)Sc2ccccc21. The number of thioether (sulfide) groups is 1. The second-order valence-electron chi connectivity index (χ2n) is 5.30. The second kappa shape index (κ2) is 7.76. The zero-order chi connectivity index (χ0) is 18.5. The summed E-state index contributed by atoms with van der Waals surface area (Å²) in [5.41, 5.74) is 0.892. The van der Waals surface area contributed by atoms with Crippen molar-refractivity contribution in [3.05, 3.63) is 65.1 Å². The molecular weight excluding hydrogens is 352 g/mol. The highest BCUT2D eigenvalue weighted by molar-refractivity contribution is 8.03. The van der Waals surface area contributed by atoms with Crippen molar-refractivity contribution in [1.29, 1.82) is 5.26 Å². The van der Waals surface area contributed by atoms with E-state index >= 15 is 0 Å². The van der Waals surface area contributed by atoms with Crippen LogP contribution in [-0.2, 0) is 14.3 Å². The Kier molecular flexibility index (Phi) is 5.25. The first kappa shape index (κ1) is 17.6. The van der Waals surface area contributed by atoms with E-state index in [4.69, 9.17) is 9.15 Å². The number of nitrogens with zero attached hydrogens (tertiary/aromatic N) is 2. The molecule has 0 bridgehead atoms. The molecule has 0 aliphatic carbocycles. The zero-order valence-electron chi connectivity index (χ0n) is 13.8. The molecular formula is C19H14N2O4S. The van der Waals surface area contributed by atoms with E-state index in [9.17, 15) is 14.9 Å². The van der Waals surface area contributed by atoms with Crippen LogP contribution in [0.3, 0.4) is 0 Å². The summed E-state index contributed by atoms with van der Waals surface area (Å²) in [4.78, 5) is 26.8. The minimum atomic E-state index is -0.687. The van der Waals surface area contributed by atoms with Crippen molar-refractivity contribution in [3.63, 3.8) is 0 Å². The number of fused-ring (bicyclic) bond motifs is 1. The van der Waals surface area contributed by atoms with Crippen molar-refractivity contribution in [3.8, 4) is 6.07 Å². The third kappa shape index (κ3) is 3.71. The number of esters is 1. The standard InChI is InChI=1S/C19H14N2O4S/c1-21-15-6-2-3-7-17(15)26-19(21)14(11-20)16(22)12-25-18(23)9-8-13-5-4-10-24-13/h2-10H,12H2,1H3/b9-8+,19-14-. The molecule has 1 aromatic heterocycles. The maximum absolute atomic E-state index is 12.4. The number of ketones is 1. The molecule has 6 nitrogen and oxygen atoms in total. The molecule has 1 aliphatic rings. The summed E-state index contributed by atoms with van der Waals surface area (Å²) in [5.74, 6) is -0.739. The average molecular weight is 366 g/mol. The molecule has 0 fully saturated rings. The summed E-state index contributed by atoms with van der Waals surface area (Å²) in [7, 11) is 1.79. The molecule has 1 aliphatic heterocycles. The molecule has 2 heterocycles. The highest BCUT2D eigenvalue weighted by atomic mass is 32.2. The van der Waals surface area contributed by atoms with E-state index in [2.05, 4.69) is 0 Å². The van der Waals surface area contributed by atoms with Crippen molar-refractivity contribution >= 4 is 35.3 Å². The number of benzene rings is 1. The van der Waals surface area contributed by atoms with E-state index in [-0.39, 0.29) is 5.57 Å². The van der Waals surface area contributed by atoms with Gasteiger partial charge in [-0.25, -0.2) is 4.79 Å². The van der Waals surface area contributed by atoms with Gasteiger partial charge in [-0.2, -0.15) is 5.26 Å². The molecule has 0 atom stereocenters. The lowest BCUT2D eigenvalue weighted by molar-refractivity contribution is -0.141. The minimum absolute atomic E-state index is 0.0310. The van der Waals surface area contributed by atoms with Crippen molar-refractivity contribution < 1.29 is 18.7 Å². The van der Waals surface area contributed by atoms with Gasteiger partial charge in [-0.1, -0.05) is 23.9 Å². The summed E-state index contributed by atoms with van der Waals surface area (Å²) < 4.78 is 9.98. The summed E-state index contributed by atoms with van der Waals surface area (Å²) in [5, 5.41) is 9.94. The number of ether oxygens (including phenoxy) is 1. The molecule has 3 rings (SSSR count). The lowest BCUT2D eigenvalue weighted by atomic mass is 10.2. The van der Waals surface area contributed by atoms with Gasteiger partial charge < -0.3 is 14.1 Å². The van der Waals surface area contributed by atoms with Crippen LogP contribution < -0.4 is 4.90 Å². The molecule has 0 spiro atoms. The first-order valence-electron chi connectivity index (χ1n) is 7.66. The number of carbonyl (C=O) groups excluding carboxylic acids is 2. The van der Waals surface area contributed by atoms with E-state index in [1.807, 2.05) is 30.3 Å². The molecule has 0 N–H and O–H groups in total. The molecule has 0 unspecified atom stereocenters. The highest BCUT2D eigenvalue weighted by Gasteiger charge is 2.28. The number of hydrogen-bond donors (Lipinski definition) is 0. The molecule has 0 saturated carbocycles. The van der Waals surface area contributed by atoms with Gasteiger partial charge in [-0.05, 0) is 30.3 Å². The topological polar surface area (TPSA) is 83.5 Å². The first-order valence-corrected chi connectivity index (χ1v) is 8.48. The smallest absolute Gasteiger partial charge is 0.331 e. The highest BCUT2D eigenvalue weighted by Crippen LogP contribution is 2.46. The normalized spacial score (nSPS) is 14.8. The number of hydrogen-bond acceptors (Lipinski definition) is 7. The summed E-state index contributed by atoms with van der Waals surface area (Å²) in [6.45, 7) is -0.502. The molecule has 0 radical (unpaired) electrons. The largest absolute Gasteiger partial charge is 0.465 e. The van der Waals surface area contributed by atoms with Crippen LogP contribution in [0.4, 0.5) is 5.69 Å². The first-order chi connectivity index (χ1) is 12.6. The number of carbonyl (C=O) groups is 2. The predicted octanol–water partition coefficient (Wildman–Crippen LogP) is 3.38. The Morgan fingerprint density at radius 2 is 2.12 bits per heavy atom. The van der Waals surface area contributed by atoms with Crippen LogP contribution in [0.1, 0.15) is 5.76 Å². The molecule has 130 valence electrons. The lowest BCUT2D eigenvalue weighted by Gasteiger charge is -2.14. The average Bonchev–Trinajstić information content (AvgIpc) is 3.28. The summed E-state index contributed by atoms with van der Waals surface area (Å²) >= 11 is 1.34. The molecule has 1 aromatic carbocycles. The van der Waals surface area contributed by atoms with Crippen molar-refractivity contribution in [1.82, 2.24) is 0 Å². The van der Waals surface area contributed by atoms with Crippen LogP contribution in [-0.4, -0.2) is 25.4 Å². The van der Waals surface area contributed by atoms with Crippen LogP contribution in [0.25, 0.3) is 6.08 Å². The van der Waals surface area contributed by atoms with Gasteiger partial charge in [0, 0.05) is 18.0 Å². The van der Waals surface area contributed by atoms with Gasteiger partial charge in [-0.15, -0.1) is 0 Å². The number of nitriles is 1.